The van der Waals surface area contributed by atoms with Crippen LogP contribution in [0.3, 0.4) is 0 Å². The third-order valence-electron chi connectivity index (χ3n) is 3.80. The highest BCUT2D eigenvalue weighted by molar-refractivity contribution is 6.42. The van der Waals surface area contributed by atoms with Crippen molar-refractivity contribution in [3.63, 3.8) is 0 Å². The van der Waals surface area contributed by atoms with Crippen molar-refractivity contribution in [1.29, 1.82) is 0 Å². The molecule has 2 rings (SSSR count). The van der Waals surface area contributed by atoms with Crippen molar-refractivity contribution in [3.8, 4) is 5.75 Å². The number of hydrogen-bond acceptors (Lipinski definition) is 3. The average Bonchev–Trinajstić information content (AvgIpc) is 2.89. The first kappa shape index (κ1) is 15.9. The molecule has 1 aliphatic heterocycles. The van der Waals surface area contributed by atoms with Gasteiger partial charge in [0.2, 0.25) is 0 Å². The Morgan fingerprint density at radius 3 is 2.75 bits per heavy atom. The molecule has 1 saturated heterocycles. The van der Waals surface area contributed by atoms with Crippen molar-refractivity contribution in [1.82, 2.24) is 4.90 Å². The normalized spacial score (nSPS) is 19.5. The minimum Gasteiger partial charge on any atom is -0.494 e. The molecule has 5 heteroatoms. The van der Waals surface area contributed by atoms with E-state index in [4.69, 9.17) is 33.7 Å². The Morgan fingerprint density at radius 2 is 2.10 bits per heavy atom. The summed E-state index contributed by atoms with van der Waals surface area (Å²) in [5, 5.41) is 1.13. The molecule has 20 heavy (non-hydrogen) atoms. The van der Waals surface area contributed by atoms with Crippen LogP contribution in [0.5, 0.6) is 5.75 Å². The number of nitrogens with zero attached hydrogens (tertiary/aromatic N) is 1. The zero-order valence-electron chi connectivity index (χ0n) is 11.9. The molecule has 1 fully saturated rings. The van der Waals surface area contributed by atoms with E-state index in [1.54, 1.807) is 0 Å². The lowest BCUT2D eigenvalue weighted by Crippen LogP contribution is -2.25. The third kappa shape index (κ3) is 4.01. The maximum atomic E-state index is 6.11. The van der Waals surface area contributed by atoms with E-state index in [0.717, 1.165) is 43.9 Å². The van der Waals surface area contributed by atoms with Crippen molar-refractivity contribution in [2.24, 2.45) is 11.7 Å². The number of benzene rings is 1. The smallest absolute Gasteiger partial charge is 0.124 e. The van der Waals surface area contributed by atoms with E-state index in [1.807, 2.05) is 19.1 Å². The maximum absolute atomic E-state index is 6.11. The van der Waals surface area contributed by atoms with Gasteiger partial charge in [-0.3, -0.25) is 0 Å². The van der Waals surface area contributed by atoms with Crippen LogP contribution in [0.4, 0.5) is 0 Å². The molecule has 2 N–H and O–H groups in total. The molecule has 0 bridgehead atoms. The van der Waals surface area contributed by atoms with Crippen molar-refractivity contribution < 1.29 is 4.74 Å². The molecule has 1 aromatic rings. The highest BCUT2D eigenvalue weighted by Crippen LogP contribution is 2.31. The van der Waals surface area contributed by atoms with Crippen molar-refractivity contribution >= 4 is 23.2 Å². The van der Waals surface area contributed by atoms with E-state index >= 15 is 0 Å². The molecule has 0 spiro atoms. The first-order valence-corrected chi connectivity index (χ1v) is 7.92. The summed E-state index contributed by atoms with van der Waals surface area (Å²) in [6, 6.07) is 3.74. The Bertz CT molecular complexity index is 454. The largest absolute Gasteiger partial charge is 0.494 e. The number of ether oxygens (including phenoxy) is 1. The van der Waals surface area contributed by atoms with Crippen LogP contribution >= 0.6 is 23.2 Å². The van der Waals surface area contributed by atoms with E-state index in [-0.39, 0.29) is 0 Å². The summed E-state index contributed by atoms with van der Waals surface area (Å²) in [5.74, 6) is 1.49. The summed E-state index contributed by atoms with van der Waals surface area (Å²) in [4.78, 5) is 2.45. The fraction of sp³-hybridized carbons (Fsp3) is 0.600. The second-order valence-electron chi connectivity index (χ2n) is 5.25. The van der Waals surface area contributed by atoms with Gasteiger partial charge >= 0.3 is 0 Å². The lowest BCUT2D eigenvalue weighted by molar-refractivity contribution is 0.317. The van der Waals surface area contributed by atoms with E-state index in [0.29, 0.717) is 22.6 Å². The Balaban J connectivity index is 1.99. The van der Waals surface area contributed by atoms with Gasteiger partial charge in [0, 0.05) is 19.2 Å². The van der Waals surface area contributed by atoms with Crippen LogP contribution in [-0.2, 0) is 6.42 Å². The summed E-state index contributed by atoms with van der Waals surface area (Å²) in [7, 11) is 0. The molecule has 0 amide bonds. The molecule has 1 heterocycles. The standard InChI is InChI=1S/C15H22Cl2N2O/c1-2-20-15-8-14(17)13(16)7-12(15)4-6-19-5-3-11(9-18)10-19/h7-8,11H,2-6,9-10,18H2,1H3/t11-/m0/s1. The Hall–Kier alpha value is -0.480. The van der Waals surface area contributed by atoms with Crippen LogP contribution in [0.15, 0.2) is 12.1 Å². The monoisotopic (exact) mass is 316 g/mol. The van der Waals surface area contributed by atoms with Crippen LogP contribution in [0, 0.1) is 5.92 Å². The van der Waals surface area contributed by atoms with Gasteiger partial charge < -0.3 is 15.4 Å². The number of rotatable bonds is 6. The number of halogens is 2. The summed E-state index contributed by atoms with van der Waals surface area (Å²) >= 11 is 12.2. The quantitative estimate of drug-likeness (QED) is 0.875. The summed E-state index contributed by atoms with van der Waals surface area (Å²) in [5.41, 5.74) is 6.85. The molecule has 0 aliphatic carbocycles. The first-order valence-electron chi connectivity index (χ1n) is 7.17. The van der Waals surface area contributed by atoms with Gasteiger partial charge in [-0.05, 0) is 50.4 Å². The Labute approximate surface area is 131 Å². The molecule has 1 atom stereocenters. The molecule has 0 saturated carbocycles. The predicted octanol–water partition coefficient (Wildman–Crippen LogP) is 3.22. The van der Waals surface area contributed by atoms with Crippen LogP contribution in [-0.4, -0.2) is 37.7 Å². The van der Waals surface area contributed by atoms with Crippen LogP contribution in [0.2, 0.25) is 10.0 Å². The van der Waals surface area contributed by atoms with E-state index in [1.165, 1.54) is 6.42 Å². The second kappa shape index (κ2) is 7.51. The average molecular weight is 317 g/mol. The molecule has 0 radical (unpaired) electrons. The minimum absolute atomic E-state index is 0.545. The Kier molecular flexibility index (Phi) is 5.97. The molecule has 0 aromatic heterocycles. The van der Waals surface area contributed by atoms with Gasteiger partial charge in [0.25, 0.3) is 0 Å². The van der Waals surface area contributed by atoms with Crippen molar-refractivity contribution in [2.45, 2.75) is 19.8 Å². The number of likely N-dealkylation sites (tertiary alicyclic amines) is 1. The lowest BCUT2D eigenvalue weighted by atomic mass is 10.1. The topological polar surface area (TPSA) is 38.5 Å². The minimum atomic E-state index is 0.545. The molecule has 1 aromatic carbocycles. The first-order chi connectivity index (χ1) is 9.63. The lowest BCUT2D eigenvalue weighted by Gasteiger charge is -2.17. The van der Waals surface area contributed by atoms with Crippen molar-refractivity contribution in [2.75, 3.05) is 32.8 Å². The second-order valence-corrected chi connectivity index (χ2v) is 6.06. The van der Waals surface area contributed by atoms with Crippen molar-refractivity contribution in [3.05, 3.63) is 27.7 Å². The molecule has 1 aliphatic rings. The Morgan fingerprint density at radius 1 is 1.35 bits per heavy atom. The fourth-order valence-corrected chi connectivity index (χ4v) is 2.98. The molecular weight excluding hydrogens is 295 g/mol. The van der Waals surface area contributed by atoms with Gasteiger partial charge in [0.05, 0.1) is 16.7 Å². The van der Waals surface area contributed by atoms with E-state index in [9.17, 15) is 0 Å². The summed E-state index contributed by atoms with van der Waals surface area (Å²) in [6.45, 7) is 6.62. The van der Waals surface area contributed by atoms with Crippen LogP contribution in [0.25, 0.3) is 0 Å². The van der Waals surface area contributed by atoms with Gasteiger partial charge in [-0.25, -0.2) is 0 Å². The molecular formula is C15H22Cl2N2O. The summed E-state index contributed by atoms with van der Waals surface area (Å²) < 4.78 is 5.65. The van der Waals surface area contributed by atoms with Gasteiger partial charge in [-0.15, -0.1) is 0 Å². The zero-order chi connectivity index (χ0) is 14.5. The van der Waals surface area contributed by atoms with E-state index in [2.05, 4.69) is 4.90 Å². The predicted molar refractivity (Wildman–Crippen MR) is 84.9 cm³/mol. The zero-order valence-corrected chi connectivity index (χ0v) is 13.4. The van der Waals surface area contributed by atoms with Gasteiger partial charge in [0.1, 0.15) is 5.75 Å². The maximum Gasteiger partial charge on any atom is 0.124 e. The summed E-state index contributed by atoms with van der Waals surface area (Å²) in [6.07, 6.45) is 2.12. The van der Waals surface area contributed by atoms with E-state index < -0.39 is 0 Å². The van der Waals surface area contributed by atoms with Crippen LogP contribution in [0.1, 0.15) is 18.9 Å². The molecule has 3 nitrogen and oxygen atoms in total. The van der Waals surface area contributed by atoms with Crippen LogP contribution < -0.4 is 10.5 Å². The van der Waals surface area contributed by atoms with Gasteiger partial charge in [0.15, 0.2) is 0 Å². The molecule has 0 unspecified atom stereocenters. The highest BCUT2D eigenvalue weighted by atomic mass is 35.5. The fourth-order valence-electron chi connectivity index (χ4n) is 2.64. The SMILES string of the molecule is CCOc1cc(Cl)c(Cl)cc1CCN1CC[C@@H](CN)C1. The number of hydrogen-bond donors (Lipinski definition) is 1. The van der Waals surface area contributed by atoms with Gasteiger partial charge in [-0.1, -0.05) is 23.2 Å². The molecule has 112 valence electrons. The third-order valence-corrected chi connectivity index (χ3v) is 4.53. The highest BCUT2D eigenvalue weighted by Gasteiger charge is 2.21. The number of nitrogens with two attached hydrogens (primary N) is 1. The van der Waals surface area contributed by atoms with Gasteiger partial charge in [-0.2, -0.15) is 0 Å².